The van der Waals surface area contributed by atoms with E-state index < -0.39 is 12.2 Å². The highest BCUT2D eigenvalue weighted by molar-refractivity contribution is 5.70. The zero-order chi connectivity index (χ0) is 30.4. The van der Waals surface area contributed by atoms with Gasteiger partial charge in [-0.2, -0.15) is 0 Å². The molecule has 2 atom stereocenters. The van der Waals surface area contributed by atoms with E-state index in [0.29, 0.717) is 19.3 Å². The molecule has 6 nitrogen and oxygen atoms in total. The molecule has 0 aliphatic rings. The number of carbonyl (C=O) groups excluding carboxylic acids is 2. The maximum Gasteiger partial charge on any atom is 0.306 e. The minimum absolute atomic E-state index is 0.111. The first-order valence-corrected chi connectivity index (χ1v) is 15.8. The summed E-state index contributed by atoms with van der Waals surface area (Å²) in [6.45, 7) is 6.07. The Labute approximate surface area is 250 Å². The number of rotatable bonds is 26. The van der Waals surface area contributed by atoms with Crippen molar-refractivity contribution in [2.75, 3.05) is 13.2 Å². The van der Waals surface area contributed by atoms with Gasteiger partial charge in [-0.05, 0) is 50.9 Å². The van der Waals surface area contributed by atoms with E-state index >= 15 is 0 Å². The highest BCUT2D eigenvalue weighted by Gasteiger charge is 2.16. The fourth-order valence-electron chi connectivity index (χ4n) is 3.91. The summed E-state index contributed by atoms with van der Waals surface area (Å²) >= 11 is 0. The molecule has 0 aliphatic heterocycles. The first kappa shape index (κ1) is 38.6. The van der Waals surface area contributed by atoms with E-state index in [9.17, 15) is 19.8 Å². The summed E-state index contributed by atoms with van der Waals surface area (Å²) in [7, 11) is 0. The van der Waals surface area contributed by atoms with Crippen LogP contribution in [0.2, 0.25) is 0 Å². The maximum atomic E-state index is 12.0. The van der Waals surface area contributed by atoms with Crippen molar-refractivity contribution in [2.24, 2.45) is 5.92 Å². The summed E-state index contributed by atoms with van der Waals surface area (Å²) in [6, 6.07) is 0. The maximum absolute atomic E-state index is 12.0. The van der Waals surface area contributed by atoms with Gasteiger partial charge in [-0.3, -0.25) is 9.59 Å². The molecule has 0 aromatic carbocycles. The molecule has 0 saturated heterocycles. The summed E-state index contributed by atoms with van der Waals surface area (Å²) in [6.07, 6.45) is 32.1. The molecule has 0 spiro atoms. The molecule has 1 unspecified atom stereocenters. The van der Waals surface area contributed by atoms with Crippen molar-refractivity contribution in [2.45, 2.75) is 129 Å². The second kappa shape index (κ2) is 29.1. The molecular formula is C35H58O6. The van der Waals surface area contributed by atoms with Crippen LogP contribution in [0.25, 0.3) is 0 Å². The monoisotopic (exact) mass is 574 g/mol. The number of hydrogen-bond acceptors (Lipinski definition) is 6. The molecule has 0 amide bonds. The van der Waals surface area contributed by atoms with E-state index in [1.54, 1.807) is 0 Å². The number of aliphatic hydroxyl groups excluding tert-OH is 2. The van der Waals surface area contributed by atoms with Gasteiger partial charge in [0, 0.05) is 12.8 Å². The number of ether oxygens (including phenoxy) is 2. The third-order valence-corrected chi connectivity index (χ3v) is 6.33. The normalized spacial score (nSPS) is 13.9. The van der Waals surface area contributed by atoms with Crippen molar-refractivity contribution in [3.8, 4) is 0 Å². The Morgan fingerprint density at radius 3 is 2.10 bits per heavy atom. The number of aliphatic hydroxyl groups is 2. The Morgan fingerprint density at radius 1 is 0.756 bits per heavy atom. The second-order valence-electron chi connectivity index (χ2n) is 10.8. The average molecular weight is 575 g/mol. The zero-order valence-corrected chi connectivity index (χ0v) is 26.1. The Bertz CT molecular complexity index is 778. The molecule has 0 aliphatic carbocycles. The molecule has 2 N–H and O–H groups in total. The average Bonchev–Trinajstić information content (AvgIpc) is 2.95. The van der Waals surface area contributed by atoms with Crippen LogP contribution in [0.4, 0.5) is 0 Å². The molecule has 0 fully saturated rings. The Morgan fingerprint density at radius 2 is 1.39 bits per heavy atom. The standard InChI is InChI=1S/C35H58O6/c1-4-5-25-32(37)26-21-17-12-10-8-6-7-9-11-13-18-22-27-34(38)40-30-33(29-36)41-35(39)28-23-19-15-14-16-20-24-31(2)3/h5-7,10-13,17,21,25,31-33,36-37H,4,8-9,14-16,18-20,22-24,26-30H2,1-3H3/b7-6-,12-10-,13-11-,21-17+,25-5-/t32?,33-/m0/s1. The summed E-state index contributed by atoms with van der Waals surface area (Å²) in [5, 5.41) is 19.2. The fraction of sp³-hybridized carbons (Fsp3) is 0.657. The molecule has 0 aromatic heterocycles. The number of unbranched alkanes of at least 4 members (excludes halogenated alkanes) is 6. The van der Waals surface area contributed by atoms with Crippen LogP contribution in [0, 0.1) is 5.92 Å². The Kier molecular flexibility index (Phi) is 27.3. The number of esters is 2. The van der Waals surface area contributed by atoms with E-state index in [0.717, 1.165) is 50.9 Å². The lowest BCUT2D eigenvalue weighted by Gasteiger charge is -2.15. The van der Waals surface area contributed by atoms with Crippen LogP contribution in [-0.4, -0.2) is 47.6 Å². The lowest BCUT2D eigenvalue weighted by molar-refractivity contribution is -0.161. The quantitative estimate of drug-likeness (QED) is 0.0469. The molecule has 41 heavy (non-hydrogen) atoms. The van der Waals surface area contributed by atoms with Crippen molar-refractivity contribution in [3.05, 3.63) is 60.8 Å². The van der Waals surface area contributed by atoms with Gasteiger partial charge in [0.05, 0.1) is 12.7 Å². The van der Waals surface area contributed by atoms with Gasteiger partial charge < -0.3 is 19.7 Å². The van der Waals surface area contributed by atoms with Gasteiger partial charge in [0.1, 0.15) is 6.61 Å². The summed E-state index contributed by atoms with van der Waals surface area (Å²) in [5.41, 5.74) is 0. The zero-order valence-electron chi connectivity index (χ0n) is 26.1. The van der Waals surface area contributed by atoms with Crippen molar-refractivity contribution >= 4 is 11.9 Å². The van der Waals surface area contributed by atoms with E-state index in [4.69, 9.17) is 9.47 Å². The van der Waals surface area contributed by atoms with Crippen molar-refractivity contribution in [1.82, 2.24) is 0 Å². The number of hydrogen-bond donors (Lipinski definition) is 2. The minimum atomic E-state index is -0.805. The van der Waals surface area contributed by atoms with Crippen LogP contribution in [0.5, 0.6) is 0 Å². The Balaban J connectivity index is 3.80. The lowest BCUT2D eigenvalue weighted by atomic mass is 10.0. The van der Waals surface area contributed by atoms with E-state index in [1.807, 2.05) is 37.3 Å². The Hall–Kier alpha value is -2.44. The largest absolute Gasteiger partial charge is 0.462 e. The molecule has 0 bridgehead atoms. The van der Waals surface area contributed by atoms with Crippen molar-refractivity contribution in [1.29, 1.82) is 0 Å². The van der Waals surface area contributed by atoms with E-state index in [-0.39, 0.29) is 31.6 Å². The van der Waals surface area contributed by atoms with Gasteiger partial charge in [0.2, 0.25) is 0 Å². The van der Waals surface area contributed by atoms with Gasteiger partial charge in [-0.15, -0.1) is 0 Å². The topological polar surface area (TPSA) is 93.1 Å². The number of allylic oxidation sites excluding steroid dienone is 8. The number of carbonyl (C=O) groups is 2. The molecule has 6 heteroatoms. The van der Waals surface area contributed by atoms with Gasteiger partial charge in [-0.25, -0.2) is 0 Å². The van der Waals surface area contributed by atoms with Crippen molar-refractivity contribution < 1.29 is 29.3 Å². The highest BCUT2D eigenvalue weighted by atomic mass is 16.6. The SMILES string of the molecule is CC/C=C\C(O)C/C=C/C=C\C/C=C\C/C=C\CCCC(=O)OC[C@H](CO)OC(=O)CCCCCCCCC(C)C. The van der Waals surface area contributed by atoms with Crippen LogP contribution >= 0.6 is 0 Å². The third kappa shape index (κ3) is 28.9. The lowest BCUT2D eigenvalue weighted by Crippen LogP contribution is -2.28. The van der Waals surface area contributed by atoms with Crippen LogP contribution in [0.15, 0.2) is 60.8 Å². The smallest absolute Gasteiger partial charge is 0.306 e. The predicted molar refractivity (Wildman–Crippen MR) is 169 cm³/mol. The molecule has 234 valence electrons. The van der Waals surface area contributed by atoms with Gasteiger partial charge in [-0.1, -0.05) is 120 Å². The first-order valence-electron chi connectivity index (χ1n) is 15.8. The van der Waals surface area contributed by atoms with E-state index in [1.165, 1.54) is 25.7 Å². The van der Waals surface area contributed by atoms with Gasteiger partial charge in [0.25, 0.3) is 0 Å². The second-order valence-corrected chi connectivity index (χ2v) is 10.8. The van der Waals surface area contributed by atoms with E-state index in [2.05, 4.69) is 44.2 Å². The van der Waals surface area contributed by atoms with Crippen LogP contribution in [-0.2, 0) is 19.1 Å². The fourth-order valence-corrected chi connectivity index (χ4v) is 3.91. The third-order valence-electron chi connectivity index (χ3n) is 6.33. The molecule has 0 radical (unpaired) electrons. The van der Waals surface area contributed by atoms with Gasteiger partial charge >= 0.3 is 11.9 Å². The first-order chi connectivity index (χ1) is 19.9. The minimum Gasteiger partial charge on any atom is -0.462 e. The molecule has 0 rings (SSSR count). The van der Waals surface area contributed by atoms with Crippen LogP contribution in [0.1, 0.15) is 117 Å². The van der Waals surface area contributed by atoms with Crippen LogP contribution < -0.4 is 0 Å². The summed E-state index contributed by atoms with van der Waals surface area (Å²) in [4.78, 5) is 24.0. The van der Waals surface area contributed by atoms with Crippen LogP contribution in [0.3, 0.4) is 0 Å². The molecular weight excluding hydrogens is 516 g/mol. The summed E-state index contributed by atoms with van der Waals surface area (Å²) in [5.74, 6) is 0.0646. The van der Waals surface area contributed by atoms with Gasteiger partial charge in [0.15, 0.2) is 6.10 Å². The predicted octanol–water partition coefficient (Wildman–Crippen LogP) is 8.10. The molecule has 0 heterocycles. The summed E-state index contributed by atoms with van der Waals surface area (Å²) < 4.78 is 10.5. The molecule has 0 saturated carbocycles. The highest BCUT2D eigenvalue weighted by Crippen LogP contribution is 2.12. The van der Waals surface area contributed by atoms with Crippen molar-refractivity contribution in [3.63, 3.8) is 0 Å². The molecule has 0 aromatic rings.